The summed E-state index contributed by atoms with van der Waals surface area (Å²) < 4.78 is 7.02. The first-order valence-electron chi connectivity index (χ1n) is 5.51. The fourth-order valence-corrected chi connectivity index (χ4v) is 2.98. The van der Waals surface area contributed by atoms with E-state index in [1.165, 1.54) is 3.57 Å². The smallest absolute Gasteiger partial charge is 0.142 e. The third-order valence-corrected chi connectivity index (χ3v) is 4.35. The Kier molecular flexibility index (Phi) is 5.81. The number of benzene rings is 2. The fourth-order valence-electron chi connectivity index (χ4n) is 1.61. The molecular formula is C14H10BrCl2IO. The molecule has 0 aliphatic rings. The van der Waals surface area contributed by atoms with Crippen LogP contribution in [0.15, 0.2) is 36.4 Å². The van der Waals surface area contributed by atoms with Gasteiger partial charge >= 0.3 is 0 Å². The zero-order chi connectivity index (χ0) is 13.8. The molecule has 0 aliphatic carbocycles. The van der Waals surface area contributed by atoms with Crippen molar-refractivity contribution in [2.75, 3.05) is 0 Å². The highest BCUT2D eigenvalue weighted by atomic mass is 127. The molecule has 0 fully saturated rings. The molecule has 2 aromatic carbocycles. The molecule has 0 N–H and O–H groups in total. The van der Waals surface area contributed by atoms with Crippen LogP contribution in [0.4, 0.5) is 0 Å². The molecule has 0 spiro atoms. The van der Waals surface area contributed by atoms with Crippen molar-refractivity contribution in [2.45, 2.75) is 11.9 Å². The van der Waals surface area contributed by atoms with Crippen LogP contribution < -0.4 is 4.74 Å². The van der Waals surface area contributed by atoms with Crippen molar-refractivity contribution in [3.63, 3.8) is 0 Å². The summed E-state index contributed by atoms with van der Waals surface area (Å²) in [6.07, 6.45) is 0. The largest absolute Gasteiger partial charge is 0.487 e. The molecule has 0 heterocycles. The normalized spacial score (nSPS) is 10.5. The van der Waals surface area contributed by atoms with Crippen molar-refractivity contribution >= 4 is 61.7 Å². The molecule has 2 aromatic rings. The van der Waals surface area contributed by atoms with Crippen molar-refractivity contribution in [3.8, 4) is 5.75 Å². The van der Waals surface area contributed by atoms with Gasteiger partial charge in [0.05, 0.1) is 5.02 Å². The average molecular weight is 472 g/mol. The minimum Gasteiger partial charge on any atom is -0.487 e. The van der Waals surface area contributed by atoms with Crippen LogP contribution in [0.3, 0.4) is 0 Å². The predicted octanol–water partition coefficient (Wildman–Crippen LogP) is 6.07. The quantitative estimate of drug-likeness (QED) is 0.388. The molecule has 2 rings (SSSR count). The van der Waals surface area contributed by atoms with E-state index in [9.17, 15) is 0 Å². The molecule has 100 valence electrons. The third kappa shape index (κ3) is 4.25. The lowest BCUT2D eigenvalue weighted by Gasteiger charge is -2.12. The first kappa shape index (κ1) is 15.4. The highest BCUT2D eigenvalue weighted by Gasteiger charge is 2.10. The van der Waals surface area contributed by atoms with Crippen molar-refractivity contribution in [1.82, 2.24) is 0 Å². The van der Waals surface area contributed by atoms with E-state index in [1.807, 2.05) is 30.3 Å². The first-order chi connectivity index (χ1) is 9.10. The highest BCUT2D eigenvalue weighted by Crippen LogP contribution is 2.34. The van der Waals surface area contributed by atoms with Crippen LogP contribution >= 0.6 is 61.7 Å². The molecule has 0 saturated heterocycles. The van der Waals surface area contributed by atoms with E-state index in [-0.39, 0.29) is 0 Å². The minimum atomic E-state index is 0.484. The second-order valence-electron chi connectivity index (χ2n) is 3.92. The maximum absolute atomic E-state index is 6.17. The topological polar surface area (TPSA) is 9.23 Å². The van der Waals surface area contributed by atoms with Gasteiger partial charge in [-0.3, -0.25) is 0 Å². The Morgan fingerprint density at radius 1 is 1.11 bits per heavy atom. The van der Waals surface area contributed by atoms with Crippen LogP contribution in [0.5, 0.6) is 5.75 Å². The number of rotatable bonds is 4. The van der Waals surface area contributed by atoms with Crippen LogP contribution in [0.25, 0.3) is 0 Å². The van der Waals surface area contributed by atoms with Gasteiger partial charge in [0.25, 0.3) is 0 Å². The van der Waals surface area contributed by atoms with E-state index in [0.29, 0.717) is 27.7 Å². The molecule has 5 heteroatoms. The van der Waals surface area contributed by atoms with Gasteiger partial charge < -0.3 is 4.74 Å². The average Bonchev–Trinajstić information content (AvgIpc) is 2.39. The minimum absolute atomic E-state index is 0.484. The molecule has 0 unspecified atom stereocenters. The van der Waals surface area contributed by atoms with Crippen molar-refractivity contribution in [2.24, 2.45) is 0 Å². The van der Waals surface area contributed by atoms with E-state index in [2.05, 4.69) is 38.5 Å². The molecule has 19 heavy (non-hydrogen) atoms. The lowest BCUT2D eigenvalue weighted by molar-refractivity contribution is 0.304. The maximum Gasteiger partial charge on any atom is 0.142 e. The fraction of sp³-hybridized carbons (Fsp3) is 0.143. The van der Waals surface area contributed by atoms with Crippen molar-refractivity contribution < 1.29 is 4.74 Å². The van der Waals surface area contributed by atoms with Gasteiger partial charge in [0.2, 0.25) is 0 Å². The van der Waals surface area contributed by atoms with Crippen molar-refractivity contribution in [1.29, 1.82) is 0 Å². The molecular weight excluding hydrogens is 462 g/mol. The Balaban J connectivity index is 2.17. The number of hydrogen-bond donors (Lipinski definition) is 0. The molecule has 1 nitrogen and oxygen atoms in total. The van der Waals surface area contributed by atoms with E-state index >= 15 is 0 Å². The lowest BCUT2D eigenvalue weighted by Crippen LogP contribution is -1.99. The predicted molar refractivity (Wildman–Crippen MR) is 92.6 cm³/mol. The van der Waals surface area contributed by atoms with Gasteiger partial charge in [-0.05, 0) is 52.4 Å². The van der Waals surface area contributed by atoms with Gasteiger partial charge in [0.15, 0.2) is 0 Å². The summed E-state index contributed by atoms with van der Waals surface area (Å²) in [5, 5.41) is 1.79. The van der Waals surface area contributed by atoms with E-state index in [0.717, 1.165) is 11.1 Å². The van der Waals surface area contributed by atoms with Gasteiger partial charge in [-0.15, -0.1) is 0 Å². The van der Waals surface area contributed by atoms with Crippen molar-refractivity contribution in [3.05, 3.63) is 61.1 Å². The Morgan fingerprint density at radius 2 is 1.79 bits per heavy atom. The molecule has 0 radical (unpaired) electrons. The Labute approximate surface area is 144 Å². The van der Waals surface area contributed by atoms with Crippen LogP contribution in [0.1, 0.15) is 11.1 Å². The van der Waals surface area contributed by atoms with Gasteiger partial charge in [-0.2, -0.15) is 0 Å². The first-order valence-corrected chi connectivity index (χ1v) is 8.47. The molecule has 0 saturated carbocycles. The Bertz CT molecular complexity index is 572. The zero-order valence-corrected chi connectivity index (χ0v) is 15.1. The molecule has 0 bridgehead atoms. The summed E-state index contributed by atoms with van der Waals surface area (Å²) in [5.74, 6) is 0.682. The van der Waals surface area contributed by atoms with Crippen LogP contribution in [0, 0.1) is 3.57 Å². The van der Waals surface area contributed by atoms with Gasteiger partial charge in [0, 0.05) is 19.5 Å². The van der Waals surface area contributed by atoms with E-state index in [1.54, 1.807) is 6.07 Å². The summed E-state index contributed by atoms with van der Waals surface area (Å²) in [6.45, 7) is 0.484. The number of halogens is 4. The molecule has 0 aromatic heterocycles. The number of hydrogen-bond acceptors (Lipinski definition) is 1. The Hall–Kier alpha value is 0.0300. The third-order valence-electron chi connectivity index (χ3n) is 2.53. The molecule has 0 amide bonds. The zero-order valence-electron chi connectivity index (χ0n) is 9.80. The second-order valence-corrected chi connectivity index (χ2v) is 6.57. The lowest BCUT2D eigenvalue weighted by atomic mass is 10.2. The van der Waals surface area contributed by atoms with Gasteiger partial charge in [0.1, 0.15) is 12.4 Å². The van der Waals surface area contributed by atoms with Gasteiger partial charge in [-0.1, -0.05) is 51.3 Å². The van der Waals surface area contributed by atoms with Gasteiger partial charge in [-0.25, -0.2) is 0 Å². The molecule has 0 atom stereocenters. The monoisotopic (exact) mass is 470 g/mol. The van der Waals surface area contributed by atoms with Crippen LogP contribution in [0.2, 0.25) is 10.0 Å². The number of alkyl halides is 1. The summed E-state index contributed by atoms with van der Waals surface area (Å²) in [5.41, 5.74) is 2.05. The summed E-state index contributed by atoms with van der Waals surface area (Å²) in [6, 6.07) is 11.7. The number of ether oxygens (including phenoxy) is 1. The van der Waals surface area contributed by atoms with Crippen LogP contribution in [-0.2, 0) is 11.9 Å². The highest BCUT2D eigenvalue weighted by molar-refractivity contribution is 14.1. The van der Waals surface area contributed by atoms with E-state index in [4.69, 9.17) is 27.9 Å². The summed E-state index contributed by atoms with van der Waals surface area (Å²) in [7, 11) is 0. The van der Waals surface area contributed by atoms with Crippen LogP contribution in [-0.4, -0.2) is 0 Å². The van der Waals surface area contributed by atoms with E-state index < -0.39 is 0 Å². The second kappa shape index (κ2) is 7.16. The maximum atomic E-state index is 6.17. The Morgan fingerprint density at radius 3 is 2.42 bits per heavy atom. The summed E-state index contributed by atoms with van der Waals surface area (Å²) >= 11 is 17.8. The molecule has 0 aliphatic heterocycles. The summed E-state index contributed by atoms with van der Waals surface area (Å²) in [4.78, 5) is 0. The SMILES string of the molecule is Clc1cc(Cl)c(OCc2ccc(I)cc2)c(CBr)c1. The standard InChI is InChI=1S/C14H10BrCl2IO/c15-7-10-5-11(16)6-13(17)14(10)19-8-9-1-3-12(18)4-2-9/h1-6H,7-8H2.